The van der Waals surface area contributed by atoms with Crippen molar-refractivity contribution >= 4 is 46.7 Å². The van der Waals surface area contributed by atoms with Gasteiger partial charge < -0.3 is 30.4 Å². The second kappa shape index (κ2) is 14.3. The van der Waals surface area contributed by atoms with Crippen molar-refractivity contribution in [3.05, 3.63) is 81.5 Å². The third-order valence-electron chi connectivity index (χ3n) is 8.67. The molecule has 2 aliphatic heterocycles. The number of pyridine rings is 1. The third-order valence-corrected chi connectivity index (χ3v) is 9.46. The number of nitrogens with zero attached hydrogens (tertiary/aromatic N) is 4. The Labute approximate surface area is 287 Å². The quantitative estimate of drug-likeness (QED) is 0.178. The van der Waals surface area contributed by atoms with Gasteiger partial charge in [-0.05, 0) is 24.6 Å². The number of halogens is 2. The maximum Gasteiger partial charge on any atom is 0.317 e. The molecule has 6 rings (SSSR count). The van der Waals surface area contributed by atoms with E-state index in [9.17, 15) is 14.4 Å². The summed E-state index contributed by atoms with van der Waals surface area (Å²) in [5.74, 6) is -0.373. The molecule has 1 saturated heterocycles. The lowest BCUT2D eigenvalue weighted by Gasteiger charge is -2.24. The summed E-state index contributed by atoms with van der Waals surface area (Å²) in [6.07, 6.45) is 3.63. The Morgan fingerprint density at radius 1 is 1.12 bits per heavy atom. The lowest BCUT2D eigenvalue weighted by molar-refractivity contribution is -0.138. The number of anilines is 1. The number of benzene rings is 2. The van der Waals surface area contributed by atoms with Gasteiger partial charge in [-0.25, -0.2) is 4.98 Å². The Balaban J connectivity index is 1.20. The van der Waals surface area contributed by atoms with E-state index >= 15 is 0 Å². The van der Waals surface area contributed by atoms with Crippen molar-refractivity contribution < 1.29 is 24.2 Å². The lowest BCUT2D eigenvalue weighted by atomic mass is 10.0. The summed E-state index contributed by atoms with van der Waals surface area (Å²) in [6.45, 7) is 2.07. The van der Waals surface area contributed by atoms with Crippen molar-refractivity contribution in [1.82, 2.24) is 30.1 Å². The lowest BCUT2D eigenvalue weighted by Crippen LogP contribution is -2.35. The third kappa shape index (κ3) is 7.02. The van der Waals surface area contributed by atoms with E-state index < -0.39 is 11.9 Å². The predicted octanol–water partition coefficient (Wildman–Crippen LogP) is 4.53. The molecule has 1 atom stereocenters. The molecular weight excluding hydrogens is 657 g/mol. The highest BCUT2D eigenvalue weighted by Gasteiger charge is 2.27. The number of methoxy groups -OCH3 is 1. The standard InChI is InChI=1S/C34H35Cl2N7O5/c1-42-26-11-13-43(18-29(45)46)17-25(26)40-33(42)34(47)41-24-5-3-4-22(30(24)35)23-10-12-38-32(31(23)36)19-6-7-20(27(14-19)48-2)15-37-16-21-8-9-28(44)39-21/h3-7,10,12,14,21,37H,8-9,11,13,15-18H2,1-2H3,(H,39,44)(H,41,47)(H,45,46). The van der Waals surface area contributed by atoms with E-state index in [4.69, 9.17) is 33.0 Å². The first kappa shape index (κ1) is 33.4. The number of aliphatic carboxylic acids is 1. The first-order chi connectivity index (χ1) is 23.1. The fraction of sp³-hybridized carbons (Fsp3) is 0.324. The van der Waals surface area contributed by atoms with E-state index in [1.165, 1.54) is 0 Å². The fourth-order valence-electron chi connectivity index (χ4n) is 6.23. The molecule has 0 spiro atoms. The van der Waals surface area contributed by atoms with E-state index in [2.05, 4.69) is 25.9 Å². The highest BCUT2D eigenvalue weighted by molar-refractivity contribution is 6.39. The highest BCUT2D eigenvalue weighted by Crippen LogP contribution is 2.41. The molecule has 0 saturated carbocycles. The van der Waals surface area contributed by atoms with E-state index in [1.807, 2.05) is 24.3 Å². The van der Waals surface area contributed by atoms with Gasteiger partial charge in [0, 0.05) is 86.3 Å². The van der Waals surface area contributed by atoms with Crippen molar-refractivity contribution in [2.45, 2.75) is 38.4 Å². The van der Waals surface area contributed by atoms with Gasteiger partial charge in [-0.15, -0.1) is 0 Å². The van der Waals surface area contributed by atoms with Gasteiger partial charge >= 0.3 is 5.97 Å². The molecule has 1 unspecified atom stereocenters. The number of carbonyl (C=O) groups excluding carboxylic acids is 2. The van der Waals surface area contributed by atoms with Crippen molar-refractivity contribution in [2.24, 2.45) is 7.05 Å². The van der Waals surface area contributed by atoms with Crippen LogP contribution in [0.4, 0.5) is 5.69 Å². The number of rotatable bonds is 11. The van der Waals surface area contributed by atoms with Crippen LogP contribution in [0.25, 0.3) is 22.4 Å². The molecule has 0 aliphatic carbocycles. The maximum absolute atomic E-state index is 13.4. The van der Waals surface area contributed by atoms with E-state index in [-0.39, 0.29) is 24.3 Å². The average Bonchev–Trinajstić information content (AvgIpc) is 3.63. The normalized spacial score (nSPS) is 16.0. The van der Waals surface area contributed by atoms with Gasteiger partial charge in [-0.3, -0.25) is 24.3 Å². The number of hydrogen-bond acceptors (Lipinski definition) is 8. The first-order valence-electron chi connectivity index (χ1n) is 15.5. The van der Waals surface area contributed by atoms with Crippen LogP contribution in [0, 0.1) is 0 Å². The van der Waals surface area contributed by atoms with Crippen molar-refractivity contribution in [2.75, 3.05) is 32.1 Å². The van der Waals surface area contributed by atoms with Crippen LogP contribution in [0.15, 0.2) is 48.7 Å². The Morgan fingerprint density at radius 3 is 2.69 bits per heavy atom. The van der Waals surface area contributed by atoms with Gasteiger partial charge in [-0.2, -0.15) is 0 Å². The number of carboxylic acids is 1. The maximum atomic E-state index is 13.4. The van der Waals surface area contributed by atoms with Crippen LogP contribution in [-0.2, 0) is 36.1 Å². The van der Waals surface area contributed by atoms with Crippen LogP contribution in [0.1, 0.15) is 40.4 Å². The van der Waals surface area contributed by atoms with Gasteiger partial charge in [0.05, 0.1) is 40.8 Å². The summed E-state index contributed by atoms with van der Waals surface area (Å²) in [7, 11) is 3.39. The van der Waals surface area contributed by atoms with Crippen LogP contribution in [0.3, 0.4) is 0 Å². The summed E-state index contributed by atoms with van der Waals surface area (Å²) in [6, 6.07) is 13.0. The van der Waals surface area contributed by atoms with Crippen molar-refractivity contribution in [1.29, 1.82) is 0 Å². The minimum atomic E-state index is -0.905. The topological polar surface area (TPSA) is 151 Å². The largest absolute Gasteiger partial charge is 0.496 e. The molecule has 2 aromatic carbocycles. The number of amides is 2. The van der Waals surface area contributed by atoms with Crippen LogP contribution >= 0.6 is 23.2 Å². The molecule has 12 nitrogen and oxygen atoms in total. The highest BCUT2D eigenvalue weighted by atomic mass is 35.5. The Hall–Kier alpha value is -4.49. The molecule has 0 bridgehead atoms. The minimum Gasteiger partial charge on any atom is -0.496 e. The summed E-state index contributed by atoms with van der Waals surface area (Å²) in [4.78, 5) is 47.0. The number of fused-ring (bicyclic) bond motifs is 1. The molecule has 2 amide bonds. The van der Waals surface area contributed by atoms with Crippen LogP contribution in [0.5, 0.6) is 5.75 Å². The molecule has 48 heavy (non-hydrogen) atoms. The second-order valence-electron chi connectivity index (χ2n) is 11.8. The van der Waals surface area contributed by atoms with Crippen LogP contribution in [-0.4, -0.2) is 75.1 Å². The number of ether oxygens (including phenoxy) is 1. The predicted molar refractivity (Wildman–Crippen MR) is 182 cm³/mol. The number of imidazole rings is 1. The molecule has 250 valence electrons. The molecule has 1 fully saturated rings. The zero-order valence-electron chi connectivity index (χ0n) is 26.5. The fourth-order valence-corrected chi connectivity index (χ4v) is 6.83. The van der Waals surface area contributed by atoms with E-state index in [0.717, 1.165) is 23.2 Å². The van der Waals surface area contributed by atoms with Gasteiger partial charge in [0.2, 0.25) is 5.91 Å². The SMILES string of the molecule is COc1cc(-c2nccc(-c3cccc(NC(=O)c4nc5c(n4C)CCN(CC(=O)O)C5)c3Cl)c2Cl)ccc1CNCC1CCC(=O)N1. The summed E-state index contributed by atoms with van der Waals surface area (Å²) >= 11 is 13.9. The summed E-state index contributed by atoms with van der Waals surface area (Å²) < 4.78 is 7.44. The van der Waals surface area contributed by atoms with Gasteiger partial charge in [0.1, 0.15) is 5.75 Å². The van der Waals surface area contributed by atoms with Crippen molar-refractivity contribution in [3.63, 3.8) is 0 Å². The molecule has 4 N–H and O–H groups in total. The van der Waals surface area contributed by atoms with Gasteiger partial charge in [0.25, 0.3) is 5.91 Å². The monoisotopic (exact) mass is 691 g/mol. The summed E-state index contributed by atoms with van der Waals surface area (Å²) in [5, 5.41) is 19.1. The molecule has 2 aromatic heterocycles. The number of aromatic nitrogens is 3. The molecule has 4 heterocycles. The molecular formula is C34H35Cl2N7O5. The van der Waals surface area contributed by atoms with Gasteiger partial charge in [0.15, 0.2) is 5.82 Å². The zero-order chi connectivity index (χ0) is 33.9. The Morgan fingerprint density at radius 2 is 1.94 bits per heavy atom. The molecule has 0 radical (unpaired) electrons. The Kier molecular flexibility index (Phi) is 9.97. The van der Waals surface area contributed by atoms with Crippen LogP contribution in [0.2, 0.25) is 10.0 Å². The number of nitrogens with one attached hydrogen (secondary N) is 3. The average molecular weight is 693 g/mol. The van der Waals surface area contributed by atoms with Crippen molar-refractivity contribution in [3.8, 4) is 28.1 Å². The van der Waals surface area contributed by atoms with Crippen LogP contribution < -0.4 is 20.7 Å². The number of carbonyl (C=O) groups is 3. The number of hydrogen-bond donors (Lipinski definition) is 4. The minimum absolute atomic E-state index is 0.0845. The number of carboxylic acid groups (broad SMARTS) is 1. The first-order valence-corrected chi connectivity index (χ1v) is 16.3. The Bertz CT molecular complexity index is 1900. The van der Waals surface area contributed by atoms with Gasteiger partial charge in [-0.1, -0.05) is 47.5 Å². The molecule has 2 aliphatic rings. The zero-order valence-corrected chi connectivity index (χ0v) is 28.0. The smallest absolute Gasteiger partial charge is 0.317 e. The van der Waals surface area contributed by atoms with E-state index in [0.29, 0.717) is 83.0 Å². The molecule has 14 heteroatoms. The summed E-state index contributed by atoms with van der Waals surface area (Å²) in [5.41, 5.74) is 5.47. The molecule has 4 aromatic rings. The second-order valence-corrected chi connectivity index (χ2v) is 12.6. The van der Waals surface area contributed by atoms with E-state index in [1.54, 1.807) is 48.0 Å².